The van der Waals surface area contributed by atoms with E-state index >= 15 is 0 Å². The summed E-state index contributed by atoms with van der Waals surface area (Å²) in [5.41, 5.74) is 6.09. The Bertz CT molecular complexity index is 52.8. The second-order valence-electron chi connectivity index (χ2n) is 0.641. The standard InChI is InChI=1S/C3H6NO2/c1-2-6-3(4)5/h2H,1H3,(H2,4,5)/q-1/p-1. The molecule has 0 spiro atoms. The summed E-state index contributed by atoms with van der Waals surface area (Å²) in [5, 5.41) is 0. The second kappa shape index (κ2) is 2.50. The quantitative estimate of drug-likeness (QED) is 0.453. The van der Waals surface area contributed by atoms with Crippen LogP contribution in [0.3, 0.4) is 0 Å². The molecule has 3 heteroatoms. The van der Waals surface area contributed by atoms with E-state index in [1.807, 2.05) is 0 Å². The number of carbonyl (C=O) groups excluding carboxylic acids is 1. The summed E-state index contributed by atoms with van der Waals surface area (Å²) in [6.45, 7) is 2.70. The maximum absolute atomic E-state index is 9.46. The van der Waals surface area contributed by atoms with Crippen LogP contribution in [0.4, 0.5) is 4.79 Å². The van der Waals surface area contributed by atoms with E-state index in [9.17, 15) is 4.79 Å². The molecule has 0 aliphatic carbocycles. The van der Waals surface area contributed by atoms with Gasteiger partial charge in [-0.2, -0.15) is 13.5 Å². The van der Waals surface area contributed by atoms with Crippen molar-refractivity contribution in [3.05, 3.63) is 12.3 Å². The van der Waals surface area contributed by atoms with E-state index in [1.54, 1.807) is 0 Å². The van der Waals surface area contributed by atoms with E-state index in [0.717, 1.165) is 6.61 Å². The van der Waals surface area contributed by atoms with Crippen LogP contribution in [0.15, 0.2) is 0 Å². The molecule has 0 aliphatic heterocycles. The number of hydrogen-bond acceptors (Lipinski definition) is 2. The van der Waals surface area contributed by atoms with E-state index < -0.39 is 6.09 Å². The van der Waals surface area contributed by atoms with Crippen LogP contribution in [0.2, 0.25) is 0 Å². The molecule has 1 N–H and O–H groups in total. The molecule has 0 saturated carbocycles. The van der Waals surface area contributed by atoms with Gasteiger partial charge in [0.1, 0.15) is 0 Å². The monoisotopic (exact) mass is 87.0 g/mol. The highest BCUT2D eigenvalue weighted by Crippen LogP contribution is 1.80. The van der Waals surface area contributed by atoms with Crippen molar-refractivity contribution in [3.8, 4) is 0 Å². The fourth-order valence-electron chi connectivity index (χ4n) is 0.107. The molecule has 0 aliphatic rings. The van der Waals surface area contributed by atoms with E-state index in [4.69, 9.17) is 5.73 Å². The lowest BCUT2D eigenvalue weighted by Crippen LogP contribution is -1.86. The van der Waals surface area contributed by atoms with Crippen LogP contribution in [-0.2, 0) is 4.74 Å². The van der Waals surface area contributed by atoms with Crippen molar-refractivity contribution >= 4 is 6.09 Å². The Hall–Kier alpha value is -0.730. The molecule has 0 aromatic carbocycles. The van der Waals surface area contributed by atoms with Gasteiger partial charge in [-0.05, 0) is 0 Å². The van der Waals surface area contributed by atoms with E-state index in [-0.39, 0.29) is 0 Å². The molecule has 0 heterocycles. The molecule has 0 rings (SSSR count). The third kappa shape index (κ3) is 3.27. The maximum atomic E-state index is 9.46. The third-order valence-corrected chi connectivity index (χ3v) is 0.225. The summed E-state index contributed by atoms with van der Waals surface area (Å²) in [6.07, 6.45) is -1.02. The van der Waals surface area contributed by atoms with Gasteiger partial charge in [-0.1, -0.05) is 0 Å². The van der Waals surface area contributed by atoms with Crippen LogP contribution in [0.1, 0.15) is 6.92 Å². The summed E-state index contributed by atoms with van der Waals surface area (Å²) >= 11 is 0. The highest BCUT2D eigenvalue weighted by molar-refractivity contribution is 5.76. The van der Waals surface area contributed by atoms with Crippen LogP contribution in [0.25, 0.3) is 5.73 Å². The lowest BCUT2D eigenvalue weighted by Gasteiger charge is -2.10. The predicted octanol–water partition coefficient (Wildman–Crippen LogP) is 1.36. The average molecular weight is 87.1 g/mol. The van der Waals surface area contributed by atoms with Crippen LogP contribution < -0.4 is 0 Å². The molecule has 6 heavy (non-hydrogen) atoms. The fraction of sp³-hybridized carbons (Fsp3) is 0.333. The maximum Gasteiger partial charge on any atom is 0.194 e. The fourth-order valence-corrected chi connectivity index (χ4v) is 0.107. The first kappa shape index (κ1) is 5.27. The number of hydrogen-bond donors (Lipinski definition) is 0. The zero-order chi connectivity index (χ0) is 4.99. The minimum absolute atomic E-state index is 1.02. The van der Waals surface area contributed by atoms with Crippen molar-refractivity contribution in [1.29, 1.82) is 0 Å². The van der Waals surface area contributed by atoms with Crippen LogP contribution in [-0.4, -0.2) is 6.09 Å². The second-order valence-corrected chi connectivity index (χ2v) is 0.641. The molecule has 0 unspecified atom stereocenters. The van der Waals surface area contributed by atoms with Gasteiger partial charge in [0.15, 0.2) is 6.09 Å². The van der Waals surface area contributed by atoms with Gasteiger partial charge in [0.05, 0.1) is 0 Å². The highest BCUT2D eigenvalue weighted by Gasteiger charge is 1.61. The minimum atomic E-state index is -1.02. The normalized spacial score (nSPS) is 7.50. The molecule has 0 radical (unpaired) electrons. The zero-order valence-corrected chi connectivity index (χ0v) is 3.39. The van der Waals surface area contributed by atoms with Crippen molar-refractivity contribution < 1.29 is 9.53 Å². The van der Waals surface area contributed by atoms with Crippen molar-refractivity contribution in [2.45, 2.75) is 6.92 Å². The minimum Gasteiger partial charge on any atom is -0.650 e. The van der Waals surface area contributed by atoms with Gasteiger partial charge < -0.3 is 10.5 Å². The molecule has 0 fully saturated rings. The Morgan fingerprint density at radius 2 is 2.50 bits per heavy atom. The Labute approximate surface area is 36.1 Å². The summed E-state index contributed by atoms with van der Waals surface area (Å²) in [7, 11) is 0. The number of rotatable bonds is 1. The molecule has 3 nitrogen and oxygen atoms in total. The van der Waals surface area contributed by atoms with E-state index in [2.05, 4.69) is 4.74 Å². The number of nitrogens with one attached hydrogen (secondary N) is 1. The van der Waals surface area contributed by atoms with Crippen LogP contribution >= 0.6 is 0 Å². The summed E-state index contributed by atoms with van der Waals surface area (Å²) in [4.78, 5) is 9.46. The summed E-state index contributed by atoms with van der Waals surface area (Å²) in [5.74, 6) is 0. The van der Waals surface area contributed by atoms with Gasteiger partial charge >= 0.3 is 0 Å². The Morgan fingerprint density at radius 3 is 2.50 bits per heavy atom. The smallest absolute Gasteiger partial charge is 0.194 e. The molecule has 0 aromatic heterocycles. The Kier molecular flexibility index (Phi) is 2.20. The Morgan fingerprint density at radius 1 is 2.00 bits per heavy atom. The SMILES string of the molecule is C[CH-]OC([NH-])=O. The Balaban J connectivity index is 2.83. The number of ether oxygens (including phenoxy) is 1. The molecule has 0 atom stereocenters. The molecule has 0 bridgehead atoms. The number of amides is 1. The van der Waals surface area contributed by atoms with Crippen molar-refractivity contribution in [1.82, 2.24) is 0 Å². The topological polar surface area (TPSA) is 50.1 Å². The van der Waals surface area contributed by atoms with Crippen LogP contribution in [0.5, 0.6) is 0 Å². The van der Waals surface area contributed by atoms with Gasteiger partial charge in [0, 0.05) is 0 Å². The largest absolute Gasteiger partial charge is 0.650 e. The lowest BCUT2D eigenvalue weighted by atomic mass is 10.9. The molecule has 0 saturated heterocycles. The first-order valence-corrected chi connectivity index (χ1v) is 1.47. The lowest BCUT2D eigenvalue weighted by molar-refractivity contribution is 0.193. The number of carbonyl (C=O) groups is 1. The predicted molar refractivity (Wildman–Crippen MR) is 20.8 cm³/mol. The molecule has 36 valence electrons. The molecule has 1 amide bonds. The van der Waals surface area contributed by atoms with Gasteiger partial charge in [-0.15, -0.1) is 0 Å². The van der Waals surface area contributed by atoms with Gasteiger partial charge in [-0.3, -0.25) is 4.79 Å². The highest BCUT2D eigenvalue weighted by atomic mass is 16.5. The van der Waals surface area contributed by atoms with Crippen LogP contribution in [0, 0.1) is 6.61 Å². The van der Waals surface area contributed by atoms with Crippen molar-refractivity contribution in [2.24, 2.45) is 0 Å². The average Bonchev–Trinajstić information content (AvgIpc) is 1.35. The van der Waals surface area contributed by atoms with Crippen molar-refractivity contribution in [2.75, 3.05) is 0 Å². The van der Waals surface area contributed by atoms with Gasteiger partial charge in [0.2, 0.25) is 0 Å². The molecular weight excluding hydrogens is 82.0 g/mol. The summed E-state index contributed by atoms with van der Waals surface area (Å²) < 4.78 is 3.94. The first-order chi connectivity index (χ1) is 2.77. The van der Waals surface area contributed by atoms with Crippen molar-refractivity contribution in [3.63, 3.8) is 0 Å². The van der Waals surface area contributed by atoms with E-state index in [0.29, 0.717) is 0 Å². The molecule has 0 aromatic rings. The van der Waals surface area contributed by atoms with E-state index in [1.165, 1.54) is 6.92 Å². The zero-order valence-electron chi connectivity index (χ0n) is 3.39. The van der Waals surface area contributed by atoms with Gasteiger partial charge in [0.25, 0.3) is 0 Å². The van der Waals surface area contributed by atoms with Gasteiger partial charge in [-0.25, -0.2) is 0 Å². The molecular formula is C3H5NO2-2. The first-order valence-electron chi connectivity index (χ1n) is 1.47. The third-order valence-electron chi connectivity index (χ3n) is 0.225. The summed E-state index contributed by atoms with van der Waals surface area (Å²) in [6, 6.07) is 0.